The smallest absolute Gasteiger partial charge is 0.156 e. The Morgan fingerprint density at radius 1 is 1.64 bits per heavy atom. The summed E-state index contributed by atoms with van der Waals surface area (Å²) in [5.74, 6) is 1.11. The average molecular weight is 286 g/mol. The first-order chi connectivity index (χ1) is 4.84. The van der Waals surface area contributed by atoms with E-state index in [-0.39, 0.29) is 24.0 Å². The molecule has 0 radical (unpaired) electrons. The number of amidine groups is 1. The maximum Gasteiger partial charge on any atom is 0.156 e. The fraction of sp³-hybridized carbons (Fsp3) is 0.857. The molecular weight excluding hydrogens is 271 g/mol. The summed E-state index contributed by atoms with van der Waals surface area (Å²) >= 11 is 1.67. The van der Waals surface area contributed by atoms with Crippen LogP contribution in [0.5, 0.6) is 0 Å². The first-order valence-corrected chi connectivity index (χ1v) is 4.79. The zero-order valence-electron chi connectivity index (χ0n) is 6.80. The molecule has 66 valence electrons. The summed E-state index contributed by atoms with van der Waals surface area (Å²) in [6.07, 6.45) is 2.46. The zero-order valence-corrected chi connectivity index (χ0v) is 9.95. The number of unbranched alkanes of at least 4 members (excludes halogenated alkanes) is 1. The molecule has 0 amide bonds. The van der Waals surface area contributed by atoms with Gasteiger partial charge in [-0.3, -0.25) is 5.41 Å². The fourth-order valence-corrected chi connectivity index (χ4v) is 1.88. The van der Waals surface area contributed by atoms with Gasteiger partial charge in [0.1, 0.15) is 0 Å². The third-order valence-corrected chi connectivity index (χ3v) is 2.59. The number of hydrogen-bond acceptors (Lipinski definition) is 2. The van der Waals surface area contributed by atoms with E-state index >= 15 is 0 Å². The predicted molar refractivity (Wildman–Crippen MR) is 62.1 cm³/mol. The van der Waals surface area contributed by atoms with E-state index in [0.29, 0.717) is 0 Å². The standard InChI is InChI=1S/C7H14N2S.HI/c1-2-3-4-9-5-6-10-7(9)8;/h8H,2-6H2,1H3;1H. The topological polar surface area (TPSA) is 27.1 Å². The van der Waals surface area contributed by atoms with Gasteiger partial charge in [0.05, 0.1) is 0 Å². The Morgan fingerprint density at radius 3 is 2.82 bits per heavy atom. The number of rotatable bonds is 3. The van der Waals surface area contributed by atoms with Gasteiger partial charge < -0.3 is 4.90 Å². The van der Waals surface area contributed by atoms with Crippen molar-refractivity contribution in [1.82, 2.24) is 4.90 Å². The van der Waals surface area contributed by atoms with Gasteiger partial charge >= 0.3 is 0 Å². The van der Waals surface area contributed by atoms with Crippen LogP contribution in [0.3, 0.4) is 0 Å². The molecule has 0 aliphatic carbocycles. The molecule has 0 aromatic carbocycles. The minimum atomic E-state index is 0. The van der Waals surface area contributed by atoms with E-state index in [1.165, 1.54) is 12.8 Å². The maximum absolute atomic E-state index is 7.47. The highest BCUT2D eigenvalue weighted by Gasteiger charge is 2.15. The van der Waals surface area contributed by atoms with Crippen LogP contribution in [0.25, 0.3) is 0 Å². The van der Waals surface area contributed by atoms with E-state index in [4.69, 9.17) is 5.41 Å². The quantitative estimate of drug-likeness (QED) is 0.807. The Kier molecular flexibility index (Phi) is 6.41. The number of nitrogens with one attached hydrogen (secondary N) is 1. The lowest BCUT2D eigenvalue weighted by Crippen LogP contribution is -2.24. The zero-order chi connectivity index (χ0) is 7.40. The number of hydrogen-bond donors (Lipinski definition) is 1. The highest BCUT2D eigenvalue weighted by Crippen LogP contribution is 2.16. The molecule has 1 saturated heterocycles. The molecule has 1 aliphatic rings. The molecule has 0 bridgehead atoms. The molecule has 1 rings (SSSR count). The normalized spacial score (nSPS) is 16.8. The van der Waals surface area contributed by atoms with Gasteiger partial charge in [-0.05, 0) is 6.42 Å². The van der Waals surface area contributed by atoms with Gasteiger partial charge in [-0.25, -0.2) is 0 Å². The van der Waals surface area contributed by atoms with Crippen molar-refractivity contribution in [3.8, 4) is 0 Å². The van der Waals surface area contributed by atoms with Crippen molar-refractivity contribution < 1.29 is 0 Å². The summed E-state index contributed by atoms with van der Waals surface area (Å²) in [4.78, 5) is 2.16. The highest BCUT2D eigenvalue weighted by molar-refractivity contribution is 14.0. The molecular formula is C7H15IN2S. The van der Waals surface area contributed by atoms with E-state index in [9.17, 15) is 0 Å². The molecule has 1 aliphatic heterocycles. The third kappa shape index (κ3) is 3.64. The Bertz CT molecular complexity index is 130. The second-order valence-electron chi connectivity index (χ2n) is 2.49. The summed E-state index contributed by atoms with van der Waals surface area (Å²) in [5.41, 5.74) is 0. The molecule has 0 aromatic heterocycles. The van der Waals surface area contributed by atoms with Crippen LogP contribution in [0.15, 0.2) is 0 Å². The highest BCUT2D eigenvalue weighted by atomic mass is 127. The second-order valence-corrected chi connectivity index (χ2v) is 3.58. The monoisotopic (exact) mass is 286 g/mol. The molecule has 0 spiro atoms. The first-order valence-electron chi connectivity index (χ1n) is 3.81. The van der Waals surface area contributed by atoms with Crippen LogP contribution < -0.4 is 0 Å². The summed E-state index contributed by atoms with van der Waals surface area (Å²) in [6.45, 7) is 4.36. The summed E-state index contributed by atoms with van der Waals surface area (Å²) < 4.78 is 0. The molecule has 1 fully saturated rings. The van der Waals surface area contributed by atoms with Crippen LogP contribution >= 0.6 is 35.7 Å². The SMILES string of the molecule is CCCCN1CCSC1=N.I. The second kappa shape index (κ2) is 6.11. The maximum atomic E-state index is 7.47. The molecule has 0 atom stereocenters. The van der Waals surface area contributed by atoms with Gasteiger partial charge in [0.15, 0.2) is 5.17 Å². The van der Waals surface area contributed by atoms with Crippen molar-refractivity contribution in [1.29, 1.82) is 5.41 Å². The number of thioether (sulfide) groups is 1. The van der Waals surface area contributed by atoms with Gasteiger partial charge in [0, 0.05) is 18.8 Å². The van der Waals surface area contributed by atoms with Crippen molar-refractivity contribution in [2.75, 3.05) is 18.8 Å². The van der Waals surface area contributed by atoms with Crippen molar-refractivity contribution >= 4 is 40.9 Å². The van der Waals surface area contributed by atoms with E-state index in [1.54, 1.807) is 11.8 Å². The number of halogens is 1. The van der Waals surface area contributed by atoms with Gasteiger partial charge in [0.25, 0.3) is 0 Å². The minimum absolute atomic E-state index is 0. The Labute approximate surface area is 89.6 Å². The van der Waals surface area contributed by atoms with Crippen LogP contribution in [-0.4, -0.2) is 28.9 Å². The van der Waals surface area contributed by atoms with Crippen molar-refractivity contribution in [3.63, 3.8) is 0 Å². The number of nitrogens with zero attached hydrogens (tertiary/aromatic N) is 1. The molecule has 4 heteroatoms. The van der Waals surface area contributed by atoms with Gasteiger partial charge in [-0.15, -0.1) is 24.0 Å². The van der Waals surface area contributed by atoms with Crippen molar-refractivity contribution in [3.05, 3.63) is 0 Å². The third-order valence-electron chi connectivity index (χ3n) is 1.67. The molecule has 0 aromatic rings. The fourth-order valence-electron chi connectivity index (χ4n) is 1.01. The predicted octanol–water partition coefficient (Wildman–Crippen LogP) is 2.39. The largest absolute Gasteiger partial charge is 0.351 e. The molecule has 2 nitrogen and oxygen atoms in total. The molecule has 1 heterocycles. The molecule has 11 heavy (non-hydrogen) atoms. The average Bonchev–Trinajstić information content (AvgIpc) is 2.31. The van der Waals surface area contributed by atoms with Crippen LogP contribution in [0.4, 0.5) is 0 Å². The molecule has 0 saturated carbocycles. The van der Waals surface area contributed by atoms with E-state index < -0.39 is 0 Å². The first kappa shape index (κ1) is 11.6. The lowest BCUT2D eigenvalue weighted by atomic mass is 10.3. The van der Waals surface area contributed by atoms with Gasteiger partial charge in [-0.1, -0.05) is 25.1 Å². The van der Waals surface area contributed by atoms with Crippen LogP contribution in [0, 0.1) is 5.41 Å². The van der Waals surface area contributed by atoms with Crippen molar-refractivity contribution in [2.24, 2.45) is 0 Å². The summed E-state index contributed by atoms with van der Waals surface area (Å²) in [5, 5.41) is 8.24. The van der Waals surface area contributed by atoms with E-state index in [2.05, 4.69) is 11.8 Å². The Morgan fingerprint density at radius 2 is 2.36 bits per heavy atom. The van der Waals surface area contributed by atoms with E-state index in [0.717, 1.165) is 24.0 Å². The lowest BCUT2D eigenvalue weighted by molar-refractivity contribution is 0.445. The molecule has 1 N–H and O–H groups in total. The Hall–Kier alpha value is 0.550. The summed E-state index contributed by atoms with van der Waals surface area (Å²) in [7, 11) is 0. The minimum Gasteiger partial charge on any atom is -0.351 e. The molecule has 0 unspecified atom stereocenters. The van der Waals surface area contributed by atoms with E-state index in [1.807, 2.05) is 0 Å². The van der Waals surface area contributed by atoms with Gasteiger partial charge in [0.2, 0.25) is 0 Å². The Balaban J connectivity index is 0.000001000. The van der Waals surface area contributed by atoms with Crippen LogP contribution in [-0.2, 0) is 0 Å². The van der Waals surface area contributed by atoms with Crippen molar-refractivity contribution in [2.45, 2.75) is 19.8 Å². The summed E-state index contributed by atoms with van der Waals surface area (Å²) in [6, 6.07) is 0. The van der Waals surface area contributed by atoms with Crippen LogP contribution in [0.2, 0.25) is 0 Å². The van der Waals surface area contributed by atoms with Crippen LogP contribution in [0.1, 0.15) is 19.8 Å². The van der Waals surface area contributed by atoms with Gasteiger partial charge in [-0.2, -0.15) is 0 Å². The lowest BCUT2D eigenvalue weighted by Gasteiger charge is -2.14.